The molecular weight excluding hydrogens is 166 g/mol. The van der Waals surface area contributed by atoms with E-state index >= 15 is 0 Å². The third-order valence-corrected chi connectivity index (χ3v) is 2.03. The van der Waals surface area contributed by atoms with Gasteiger partial charge in [-0.2, -0.15) is 0 Å². The van der Waals surface area contributed by atoms with E-state index in [0.717, 1.165) is 12.5 Å². The summed E-state index contributed by atoms with van der Waals surface area (Å²) in [5.74, 6) is 0.980. The fourth-order valence-electron chi connectivity index (χ4n) is 1.05. The van der Waals surface area contributed by atoms with E-state index in [0.29, 0.717) is 6.54 Å². The van der Waals surface area contributed by atoms with Crippen LogP contribution in [0.3, 0.4) is 0 Å². The number of rotatable bonds is 7. The van der Waals surface area contributed by atoms with Gasteiger partial charge in [-0.25, -0.2) is 0 Å². The van der Waals surface area contributed by atoms with E-state index in [1.165, 1.54) is 12.8 Å². The van der Waals surface area contributed by atoms with E-state index < -0.39 is 0 Å². The summed E-state index contributed by atoms with van der Waals surface area (Å²) in [5, 5.41) is 3.14. The lowest BCUT2D eigenvalue weighted by molar-refractivity contribution is -0.124. The average Bonchev–Trinajstić information content (AvgIpc) is 2.84. The number of nitrogens with one attached hydrogen (secondary N) is 1. The van der Waals surface area contributed by atoms with E-state index in [2.05, 4.69) is 5.32 Å². The first kappa shape index (κ1) is 10.7. The van der Waals surface area contributed by atoms with Gasteiger partial charge < -0.3 is 10.1 Å². The van der Waals surface area contributed by atoms with Crippen LogP contribution in [-0.4, -0.2) is 31.6 Å². The van der Waals surface area contributed by atoms with Gasteiger partial charge in [0.15, 0.2) is 5.78 Å². The number of Topliss-reactive ketones (excluding diaryl/α,β-unsaturated/α-hetero) is 1. The monoisotopic (exact) mass is 185 g/mol. The Hall–Kier alpha value is -0.410. The first-order valence-corrected chi connectivity index (χ1v) is 5.02. The predicted octanol–water partition coefficient (Wildman–Crippen LogP) is 0.980. The summed E-state index contributed by atoms with van der Waals surface area (Å²) in [4.78, 5) is 11.2. The maximum Gasteiger partial charge on any atom is 0.172 e. The zero-order chi connectivity index (χ0) is 9.68. The number of carbonyl (C=O) groups is 1. The molecule has 0 bridgehead atoms. The summed E-state index contributed by atoms with van der Waals surface area (Å²) >= 11 is 0. The van der Waals surface area contributed by atoms with Crippen molar-refractivity contribution >= 4 is 5.78 Å². The minimum Gasteiger partial charge on any atom is -0.371 e. The highest BCUT2D eigenvalue weighted by molar-refractivity contribution is 5.81. The fourth-order valence-corrected chi connectivity index (χ4v) is 1.05. The van der Waals surface area contributed by atoms with Crippen LogP contribution >= 0.6 is 0 Å². The molecule has 0 unspecified atom stereocenters. The molecule has 0 radical (unpaired) electrons. The average molecular weight is 185 g/mol. The minimum absolute atomic E-state index is 0.146. The van der Waals surface area contributed by atoms with Gasteiger partial charge in [0, 0.05) is 0 Å². The number of hydrogen-bond acceptors (Lipinski definition) is 3. The molecule has 1 fully saturated rings. The Morgan fingerprint density at radius 2 is 2.23 bits per heavy atom. The number of ketones is 1. The molecular formula is C10H19NO2. The molecule has 0 aromatic rings. The van der Waals surface area contributed by atoms with Crippen LogP contribution in [0, 0.1) is 5.92 Å². The molecule has 1 saturated carbocycles. The predicted molar refractivity (Wildman–Crippen MR) is 51.7 cm³/mol. The second kappa shape index (κ2) is 5.35. The molecule has 0 heterocycles. The largest absolute Gasteiger partial charge is 0.371 e. The van der Waals surface area contributed by atoms with Crippen LogP contribution in [0.25, 0.3) is 0 Å². The summed E-state index contributed by atoms with van der Waals surface area (Å²) in [5.41, 5.74) is 0. The third kappa shape index (κ3) is 5.77. The van der Waals surface area contributed by atoms with Gasteiger partial charge in [0.25, 0.3) is 0 Å². The summed E-state index contributed by atoms with van der Waals surface area (Å²) in [7, 11) is 0. The van der Waals surface area contributed by atoms with Gasteiger partial charge in [-0.15, -0.1) is 0 Å². The van der Waals surface area contributed by atoms with Gasteiger partial charge in [-0.05, 0) is 39.2 Å². The molecule has 76 valence electrons. The van der Waals surface area contributed by atoms with Crippen LogP contribution in [-0.2, 0) is 9.53 Å². The molecule has 0 amide bonds. The van der Waals surface area contributed by atoms with Gasteiger partial charge in [-0.3, -0.25) is 4.79 Å². The van der Waals surface area contributed by atoms with Crippen molar-refractivity contribution in [3.8, 4) is 0 Å². The second-order valence-electron chi connectivity index (χ2n) is 3.97. The Labute approximate surface area is 79.8 Å². The van der Waals surface area contributed by atoms with Crippen molar-refractivity contribution in [1.82, 2.24) is 5.32 Å². The molecule has 0 spiro atoms. The van der Waals surface area contributed by atoms with Crippen LogP contribution in [0.4, 0.5) is 0 Å². The van der Waals surface area contributed by atoms with Crippen molar-refractivity contribution in [1.29, 1.82) is 0 Å². The van der Waals surface area contributed by atoms with E-state index in [1.54, 1.807) is 0 Å². The highest BCUT2D eigenvalue weighted by Gasteiger charge is 2.20. The van der Waals surface area contributed by atoms with Crippen molar-refractivity contribution in [2.24, 2.45) is 5.92 Å². The molecule has 13 heavy (non-hydrogen) atoms. The van der Waals surface area contributed by atoms with Gasteiger partial charge in [0.1, 0.15) is 6.61 Å². The molecule has 1 aliphatic rings. The van der Waals surface area contributed by atoms with E-state index in [4.69, 9.17) is 4.74 Å². The first-order chi connectivity index (χ1) is 6.18. The molecule has 0 aliphatic heterocycles. The molecule has 0 aromatic carbocycles. The standard InChI is InChI=1S/C10H19NO2/c1-8(2)13-7-10(12)6-11-5-9-3-4-9/h8-9,11H,3-7H2,1-2H3. The topological polar surface area (TPSA) is 38.3 Å². The van der Waals surface area contributed by atoms with Crippen LogP contribution < -0.4 is 5.32 Å². The van der Waals surface area contributed by atoms with E-state index in [1.807, 2.05) is 13.8 Å². The molecule has 1 aliphatic carbocycles. The number of carbonyl (C=O) groups excluding carboxylic acids is 1. The highest BCUT2D eigenvalue weighted by Crippen LogP contribution is 2.27. The van der Waals surface area contributed by atoms with Crippen LogP contribution in [0.5, 0.6) is 0 Å². The molecule has 1 rings (SSSR count). The first-order valence-electron chi connectivity index (χ1n) is 5.02. The lowest BCUT2D eigenvalue weighted by Gasteiger charge is -2.06. The Balaban J connectivity index is 1.90. The summed E-state index contributed by atoms with van der Waals surface area (Å²) in [6.45, 7) is 5.57. The van der Waals surface area contributed by atoms with E-state index in [9.17, 15) is 4.79 Å². The van der Waals surface area contributed by atoms with Crippen molar-refractivity contribution in [3.05, 3.63) is 0 Å². The Morgan fingerprint density at radius 3 is 2.77 bits per heavy atom. The van der Waals surface area contributed by atoms with Gasteiger partial charge in [-0.1, -0.05) is 0 Å². The summed E-state index contributed by atoms with van der Waals surface area (Å²) in [6, 6.07) is 0. The zero-order valence-electron chi connectivity index (χ0n) is 8.51. The van der Waals surface area contributed by atoms with Crippen LogP contribution in [0.1, 0.15) is 26.7 Å². The lowest BCUT2D eigenvalue weighted by atomic mass is 10.3. The maximum absolute atomic E-state index is 11.2. The van der Waals surface area contributed by atoms with Gasteiger partial charge in [0.05, 0.1) is 12.6 Å². The lowest BCUT2D eigenvalue weighted by Crippen LogP contribution is -2.28. The van der Waals surface area contributed by atoms with Crippen LogP contribution in [0.2, 0.25) is 0 Å². The number of ether oxygens (including phenoxy) is 1. The van der Waals surface area contributed by atoms with Crippen molar-refractivity contribution < 1.29 is 9.53 Å². The number of hydrogen-bond donors (Lipinski definition) is 1. The normalized spacial score (nSPS) is 16.5. The molecule has 3 heteroatoms. The second-order valence-corrected chi connectivity index (χ2v) is 3.97. The smallest absolute Gasteiger partial charge is 0.172 e. The van der Waals surface area contributed by atoms with Gasteiger partial charge in [0.2, 0.25) is 0 Å². The van der Waals surface area contributed by atoms with Crippen molar-refractivity contribution in [2.45, 2.75) is 32.8 Å². The Bertz CT molecular complexity index is 164. The molecule has 0 saturated heterocycles. The fraction of sp³-hybridized carbons (Fsp3) is 0.900. The summed E-state index contributed by atoms with van der Waals surface area (Å²) in [6.07, 6.45) is 2.79. The van der Waals surface area contributed by atoms with Crippen LogP contribution in [0.15, 0.2) is 0 Å². The quantitative estimate of drug-likeness (QED) is 0.642. The molecule has 3 nitrogen and oxygen atoms in total. The minimum atomic E-state index is 0.146. The Morgan fingerprint density at radius 1 is 1.54 bits per heavy atom. The zero-order valence-corrected chi connectivity index (χ0v) is 8.51. The summed E-state index contributed by atoms with van der Waals surface area (Å²) < 4.78 is 5.19. The highest BCUT2D eigenvalue weighted by atomic mass is 16.5. The maximum atomic E-state index is 11.2. The molecule has 0 atom stereocenters. The third-order valence-electron chi connectivity index (χ3n) is 2.03. The van der Waals surface area contributed by atoms with Gasteiger partial charge >= 0.3 is 0 Å². The van der Waals surface area contributed by atoms with Crippen molar-refractivity contribution in [2.75, 3.05) is 19.7 Å². The Kier molecular flexibility index (Phi) is 4.39. The molecule has 0 aromatic heterocycles. The van der Waals surface area contributed by atoms with E-state index in [-0.39, 0.29) is 18.5 Å². The van der Waals surface area contributed by atoms with Crippen molar-refractivity contribution in [3.63, 3.8) is 0 Å². The molecule has 1 N–H and O–H groups in total. The SMILES string of the molecule is CC(C)OCC(=O)CNCC1CC1.